The molecular formula is C17H24N4O. The highest BCUT2D eigenvalue weighted by atomic mass is 16.2. The minimum Gasteiger partial charge on any atom is -0.341 e. The maximum Gasteiger partial charge on any atom is 0.226 e. The van der Waals surface area contributed by atoms with Crippen molar-refractivity contribution in [1.29, 1.82) is 0 Å². The molecule has 2 fully saturated rings. The van der Waals surface area contributed by atoms with Gasteiger partial charge in [0.05, 0.1) is 6.20 Å². The minimum atomic E-state index is 0.227. The molecule has 1 aromatic rings. The second kappa shape index (κ2) is 5.23. The van der Waals surface area contributed by atoms with Gasteiger partial charge in [-0.05, 0) is 25.8 Å². The molecule has 3 heterocycles. The standard InChI is InChI=1S/C17H24N4O/c1-19-9-14(8-18-19)10-20-7-6-17(11-20)12-21(13-17)16(22)15-4-2-3-5-15/h2-3,8-9,15H,4-7,10-13H2,1H3. The second-order valence-electron chi connectivity index (χ2n) is 7.32. The lowest BCUT2D eigenvalue weighted by atomic mass is 9.78. The van der Waals surface area contributed by atoms with Crippen molar-refractivity contribution in [2.45, 2.75) is 25.8 Å². The Morgan fingerprint density at radius 1 is 1.32 bits per heavy atom. The minimum absolute atomic E-state index is 0.227. The summed E-state index contributed by atoms with van der Waals surface area (Å²) in [5, 5.41) is 4.24. The molecule has 0 saturated carbocycles. The van der Waals surface area contributed by atoms with Crippen molar-refractivity contribution in [2.75, 3.05) is 26.2 Å². The molecule has 0 N–H and O–H groups in total. The average Bonchev–Trinajstić information content (AvgIpc) is 3.17. The molecule has 5 nitrogen and oxygen atoms in total. The Kier molecular flexibility index (Phi) is 3.33. The zero-order valence-corrected chi connectivity index (χ0v) is 13.2. The van der Waals surface area contributed by atoms with Crippen LogP contribution in [0.1, 0.15) is 24.8 Å². The normalized spacial score (nSPS) is 24.3. The molecule has 1 amide bonds. The van der Waals surface area contributed by atoms with Crippen molar-refractivity contribution in [3.63, 3.8) is 0 Å². The summed E-state index contributed by atoms with van der Waals surface area (Å²) in [6.07, 6.45) is 11.4. The maximum absolute atomic E-state index is 12.4. The number of amides is 1. The lowest BCUT2D eigenvalue weighted by Crippen LogP contribution is -2.60. The average molecular weight is 300 g/mol. The van der Waals surface area contributed by atoms with Crippen molar-refractivity contribution in [3.05, 3.63) is 30.1 Å². The number of carbonyl (C=O) groups excluding carboxylic acids is 1. The van der Waals surface area contributed by atoms with E-state index in [1.54, 1.807) is 0 Å². The predicted octanol–water partition coefficient (Wildman–Crippen LogP) is 1.42. The lowest BCUT2D eigenvalue weighted by Gasteiger charge is -2.49. The van der Waals surface area contributed by atoms with Gasteiger partial charge < -0.3 is 4.90 Å². The number of hydrogen-bond donors (Lipinski definition) is 0. The molecule has 118 valence electrons. The zero-order chi connectivity index (χ0) is 15.2. The molecule has 1 aromatic heterocycles. The van der Waals surface area contributed by atoms with Gasteiger partial charge in [-0.15, -0.1) is 0 Å². The fraction of sp³-hybridized carbons (Fsp3) is 0.647. The van der Waals surface area contributed by atoms with Gasteiger partial charge in [0.2, 0.25) is 5.91 Å². The molecular weight excluding hydrogens is 276 g/mol. The van der Waals surface area contributed by atoms with Crippen LogP contribution in [-0.2, 0) is 18.4 Å². The van der Waals surface area contributed by atoms with Crippen LogP contribution in [0.25, 0.3) is 0 Å². The highest BCUT2D eigenvalue weighted by molar-refractivity contribution is 5.80. The number of aryl methyl sites for hydroxylation is 1. The summed E-state index contributed by atoms with van der Waals surface area (Å²) < 4.78 is 1.86. The Morgan fingerprint density at radius 2 is 2.09 bits per heavy atom. The van der Waals surface area contributed by atoms with Crippen LogP contribution in [0, 0.1) is 11.3 Å². The van der Waals surface area contributed by atoms with Crippen molar-refractivity contribution >= 4 is 5.91 Å². The zero-order valence-electron chi connectivity index (χ0n) is 13.2. The van der Waals surface area contributed by atoms with E-state index in [-0.39, 0.29) is 5.92 Å². The fourth-order valence-corrected chi connectivity index (χ4v) is 4.23. The summed E-state index contributed by atoms with van der Waals surface area (Å²) in [5.74, 6) is 0.603. The molecule has 1 spiro atoms. The Balaban J connectivity index is 1.29. The van der Waals surface area contributed by atoms with E-state index in [1.807, 2.05) is 17.9 Å². The van der Waals surface area contributed by atoms with Crippen molar-refractivity contribution in [2.24, 2.45) is 18.4 Å². The van der Waals surface area contributed by atoms with Gasteiger partial charge in [-0.3, -0.25) is 14.4 Å². The molecule has 22 heavy (non-hydrogen) atoms. The summed E-state index contributed by atoms with van der Waals surface area (Å²) in [6.45, 7) is 5.17. The number of hydrogen-bond acceptors (Lipinski definition) is 3. The monoisotopic (exact) mass is 300 g/mol. The maximum atomic E-state index is 12.4. The van der Waals surface area contributed by atoms with Crippen molar-refractivity contribution in [3.8, 4) is 0 Å². The van der Waals surface area contributed by atoms with E-state index >= 15 is 0 Å². The molecule has 3 aliphatic rings. The fourth-order valence-electron chi connectivity index (χ4n) is 4.23. The summed E-state index contributed by atoms with van der Waals surface area (Å²) in [4.78, 5) is 17.0. The van der Waals surface area contributed by atoms with Crippen LogP contribution in [0.5, 0.6) is 0 Å². The Hall–Kier alpha value is -1.62. The first-order chi connectivity index (χ1) is 10.6. The molecule has 0 atom stereocenters. The van der Waals surface area contributed by atoms with Gasteiger partial charge in [-0.2, -0.15) is 5.10 Å². The van der Waals surface area contributed by atoms with Crippen LogP contribution in [0.3, 0.4) is 0 Å². The van der Waals surface area contributed by atoms with Crippen LogP contribution < -0.4 is 0 Å². The first-order valence-electron chi connectivity index (χ1n) is 8.27. The van der Waals surface area contributed by atoms with E-state index in [0.717, 1.165) is 45.6 Å². The van der Waals surface area contributed by atoms with Gasteiger partial charge in [-0.1, -0.05) is 12.2 Å². The molecule has 0 radical (unpaired) electrons. The van der Waals surface area contributed by atoms with Crippen LogP contribution in [0.2, 0.25) is 0 Å². The van der Waals surface area contributed by atoms with Crippen LogP contribution in [0.15, 0.2) is 24.5 Å². The molecule has 0 aromatic carbocycles. The van der Waals surface area contributed by atoms with E-state index in [2.05, 4.69) is 33.2 Å². The van der Waals surface area contributed by atoms with Gasteiger partial charge in [0, 0.05) is 56.3 Å². The van der Waals surface area contributed by atoms with Crippen molar-refractivity contribution in [1.82, 2.24) is 19.6 Å². The Bertz CT molecular complexity index is 592. The third kappa shape index (κ3) is 2.47. The molecule has 0 bridgehead atoms. The highest BCUT2D eigenvalue weighted by Crippen LogP contribution is 2.41. The third-order valence-corrected chi connectivity index (χ3v) is 5.40. The SMILES string of the molecule is Cn1cc(CN2CCC3(C2)CN(C(=O)C2CC=CC2)C3)cn1. The third-order valence-electron chi connectivity index (χ3n) is 5.40. The van der Waals surface area contributed by atoms with Gasteiger partial charge in [0.1, 0.15) is 0 Å². The second-order valence-corrected chi connectivity index (χ2v) is 7.32. The van der Waals surface area contributed by atoms with Gasteiger partial charge in [-0.25, -0.2) is 0 Å². The summed E-state index contributed by atoms with van der Waals surface area (Å²) >= 11 is 0. The quantitative estimate of drug-likeness (QED) is 0.793. The summed E-state index contributed by atoms with van der Waals surface area (Å²) in [5.41, 5.74) is 1.65. The van der Waals surface area contributed by atoms with Gasteiger partial charge in [0.15, 0.2) is 0 Å². The van der Waals surface area contributed by atoms with Gasteiger partial charge in [0.25, 0.3) is 0 Å². The van der Waals surface area contributed by atoms with E-state index < -0.39 is 0 Å². The number of carbonyl (C=O) groups is 1. The van der Waals surface area contributed by atoms with E-state index in [4.69, 9.17) is 0 Å². The molecule has 2 aliphatic heterocycles. The Labute approximate surface area is 131 Å². The van der Waals surface area contributed by atoms with Crippen LogP contribution in [0.4, 0.5) is 0 Å². The van der Waals surface area contributed by atoms with E-state index in [0.29, 0.717) is 11.3 Å². The topological polar surface area (TPSA) is 41.4 Å². The predicted molar refractivity (Wildman–Crippen MR) is 84.0 cm³/mol. The highest BCUT2D eigenvalue weighted by Gasteiger charge is 2.49. The summed E-state index contributed by atoms with van der Waals surface area (Å²) in [6, 6.07) is 0. The molecule has 5 heteroatoms. The van der Waals surface area contributed by atoms with E-state index in [1.165, 1.54) is 12.0 Å². The smallest absolute Gasteiger partial charge is 0.226 e. The number of likely N-dealkylation sites (tertiary alicyclic amines) is 2. The number of nitrogens with zero attached hydrogens (tertiary/aromatic N) is 4. The largest absolute Gasteiger partial charge is 0.341 e. The molecule has 4 rings (SSSR count). The number of allylic oxidation sites excluding steroid dienone is 2. The Morgan fingerprint density at radius 3 is 2.77 bits per heavy atom. The lowest BCUT2D eigenvalue weighted by molar-refractivity contribution is -0.146. The first kappa shape index (κ1) is 14.0. The van der Waals surface area contributed by atoms with Gasteiger partial charge >= 0.3 is 0 Å². The van der Waals surface area contributed by atoms with Crippen LogP contribution >= 0.6 is 0 Å². The van der Waals surface area contributed by atoms with Crippen LogP contribution in [-0.4, -0.2) is 51.7 Å². The summed E-state index contributed by atoms with van der Waals surface area (Å²) in [7, 11) is 1.96. The number of aromatic nitrogens is 2. The molecule has 0 unspecified atom stereocenters. The van der Waals surface area contributed by atoms with E-state index in [9.17, 15) is 4.79 Å². The molecule has 2 saturated heterocycles. The molecule has 1 aliphatic carbocycles. The van der Waals surface area contributed by atoms with Crippen molar-refractivity contribution < 1.29 is 4.79 Å². The number of rotatable bonds is 3. The first-order valence-corrected chi connectivity index (χ1v) is 8.27.